The zero-order valence-corrected chi connectivity index (χ0v) is 13.0. The molecule has 0 nitrogen and oxygen atoms in total. The molecule has 0 aliphatic carbocycles. The standard InChI is InChI=1S/C3H6.4CH3.2Sb.2H/c1-3-2;;;;;;;;/h1-3H2;4*1H3;;;;. The third kappa shape index (κ3) is 9.64. The first-order chi connectivity index (χ1) is 3.81. The van der Waals surface area contributed by atoms with Crippen molar-refractivity contribution in [3.63, 3.8) is 0 Å². The summed E-state index contributed by atoms with van der Waals surface area (Å²) in [6, 6.07) is 0. The Balaban J connectivity index is 3.60. The first kappa shape index (κ1) is 10.6. The summed E-state index contributed by atoms with van der Waals surface area (Å²) in [7, 11) is 0. The van der Waals surface area contributed by atoms with Crippen LogP contribution < -0.4 is 0 Å². The van der Waals surface area contributed by atoms with E-state index in [-0.39, 0.29) is 0 Å². The summed E-state index contributed by atoms with van der Waals surface area (Å²) in [4.78, 5) is 10.1. The van der Waals surface area contributed by atoms with Crippen LogP contribution >= 0.6 is 0 Å². The molecule has 0 radical (unpaired) electrons. The van der Waals surface area contributed by atoms with Crippen molar-refractivity contribution in [1.29, 1.82) is 0 Å². The van der Waals surface area contributed by atoms with Crippen molar-refractivity contribution in [3.8, 4) is 0 Å². The monoisotopic (exact) mass is 346 g/mol. The van der Waals surface area contributed by atoms with Crippen LogP contribution in [0.15, 0.2) is 0 Å². The third-order valence-electron chi connectivity index (χ3n) is 1.26. The van der Waals surface area contributed by atoms with Gasteiger partial charge in [0.15, 0.2) is 0 Å². The normalized spacial score (nSPS) is 16.8. The Bertz CT molecular complexity index is 79.6. The van der Waals surface area contributed by atoms with E-state index < -0.39 is 17.4 Å². The van der Waals surface area contributed by atoms with Crippen molar-refractivity contribution >= 4 is 40.4 Å². The van der Waals surface area contributed by atoms with Gasteiger partial charge in [-0.25, -0.2) is 0 Å². The molecule has 0 aromatic rings. The quantitative estimate of drug-likeness (QED) is 0.688. The maximum absolute atomic E-state index is 2.53. The van der Waals surface area contributed by atoms with Gasteiger partial charge < -0.3 is 0 Å². The predicted molar refractivity (Wildman–Crippen MR) is 52.0 cm³/mol. The Morgan fingerprint density at radius 3 is 1.67 bits per heavy atom. The van der Waals surface area contributed by atoms with Gasteiger partial charge in [0.05, 0.1) is 0 Å². The molecule has 0 N–H and O–H groups in total. The molecule has 0 fully saturated rings. The summed E-state index contributed by atoms with van der Waals surface area (Å²) in [5.74, 6) is 0. The molecule has 0 aromatic heterocycles. The molecule has 0 unspecified atom stereocenters. The van der Waals surface area contributed by atoms with Crippen LogP contribution in [-0.4, -0.2) is 40.4 Å². The van der Waals surface area contributed by atoms with Gasteiger partial charge in [-0.05, 0) is 0 Å². The average Bonchev–Trinajstić information content (AvgIpc) is 1.57. The average molecular weight is 348 g/mol. The van der Waals surface area contributed by atoms with Crippen LogP contribution in [0.25, 0.3) is 0 Å². The summed E-state index contributed by atoms with van der Waals surface area (Å²) >= 11 is -0.349. The van der Waals surface area contributed by atoms with E-state index in [2.05, 4.69) is 19.5 Å². The maximum atomic E-state index is 2.53. The summed E-state index contributed by atoms with van der Waals surface area (Å²) < 4.78 is 3.06. The van der Waals surface area contributed by atoms with Gasteiger partial charge in [-0.15, -0.1) is 0 Å². The molecule has 2 heteroatoms. The summed E-state index contributed by atoms with van der Waals surface area (Å²) in [6.07, 6.45) is 1.50. The van der Waals surface area contributed by atoms with Crippen molar-refractivity contribution in [2.24, 2.45) is 0 Å². The second-order valence-electron chi connectivity index (χ2n) is 4.81. The van der Waals surface area contributed by atoms with E-state index in [9.17, 15) is 0 Å². The van der Waals surface area contributed by atoms with Crippen LogP contribution in [0.5, 0.6) is 0 Å². The van der Waals surface area contributed by atoms with Crippen molar-refractivity contribution in [2.75, 3.05) is 0 Å². The Hall–Kier alpha value is 1.64. The van der Waals surface area contributed by atoms with Crippen molar-refractivity contribution in [1.82, 2.24) is 0 Å². The molecule has 0 saturated carbocycles. The van der Waals surface area contributed by atoms with Crippen molar-refractivity contribution in [2.45, 2.75) is 34.6 Å². The van der Waals surface area contributed by atoms with Crippen LogP contribution in [0.1, 0.15) is 6.42 Å². The summed E-state index contributed by atoms with van der Waals surface area (Å²) in [5, 5.41) is 0. The van der Waals surface area contributed by atoms with Crippen LogP contribution in [0.4, 0.5) is 0 Å². The van der Waals surface area contributed by atoms with Gasteiger partial charge in [0.25, 0.3) is 0 Å². The minimum absolute atomic E-state index is 1.46. The number of rotatable bonds is 3. The topological polar surface area (TPSA) is 0 Å². The molecular formula is C7H20Sb2. The molecule has 9 heavy (non-hydrogen) atoms. The predicted octanol–water partition coefficient (Wildman–Crippen LogP) is 2.35. The van der Waals surface area contributed by atoms with E-state index in [4.69, 9.17) is 0 Å². The van der Waals surface area contributed by atoms with Crippen LogP contribution in [0.2, 0.25) is 28.2 Å². The van der Waals surface area contributed by atoms with Gasteiger partial charge >= 0.3 is 75.1 Å². The SMILES string of the molecule is [CH3][Sb]([CH3])([CH3])([CH3])[CH2]C[CH2][SbH2]. The van der Waals surface area contributed by atoms with Gasteiger partial charge in [-0.1, -0.05) is 0 Å². The van der Waals surface area contributed by atoms with Gasteiger partial charge in [-0.3, -0.25) is 0 Å². The van der Waals surface area contributed by atoms with E-state index in [0.29, 0.717) is 0 Å². The Morgan fingerprint density at radius 2 is 1.56 bits per heavy atom. The molecule has 0 heterocycles. The van der Waals surface area contributed by atoms with E-state index in [0.717, 1.165) is 0 Å². The van der Waals surface area contributed by atoms with Crippen LogP contribution in [-0.2, 0) is 0 Å². The van der Waals surface area contributed by atoms with Gasteiger partial charge in [0, 0.05) is 0 Å². The fourth-order valence-corrected chi connectivity index (χ4v) is 8.35. The molecule has 0 atom stereocenters. The van der Waals surface area contributed by atoms with Crippen molar-refractivity contribution in [3.05, 3.63) is 0 Å². The zero-order valence-electron chi connectivity index (χ0n) is 7.15. The second-order valence-corrected chi connectivity index (χ2v) is 30.3. The second kappa shape index (κ2) is 3.36. The number of hydrogen-bond acceptors (Lipinski definition) is 0. The van der Waals surface area contributed by atoms with E-state index in [1.807, 2.05) is 0 Å². The van der Waals surface area contributed by atoms with Gasteiger partial charge in [0.1, 0.15) is 0 Å². The molecule has 0 aliphatic heterocycles. The van der Waals surface area contributed by atoms with Gasteiger partial charge in [-0.2, -0.15) is 0 Å². The molecule has 58 valence electrons. The molecular weight excluding hydrogens is 328 g/mol. The van der Waals surface area contributed by atoms with E-state index >= 15 is 0 Å². The number of hydrogen-bond donors (Lipinski definition) is 0. The Morgan fingerprint density at radius 1 is 1.11 bits per heavy atom. The van der Waals surface area contributed by atoms with Crippen molar-refractivity contribution < 1.29 is 0 Å². The van der Waals surface area contributed by atoms with Gasteiger partial charge in [0.2, 0.25) is 0 Å². The fourth-order valence-electron chi connectivity index (χ4n) is 0.724. The van der Waals surface area contributed by atoms with Crippen LogP contribution in [0.3, 0.4) is 0 Å². The minimum atomic E-state index is -1.81. The molecule has 0 aromatic carbocycles. The molecule has 0 amide bonds. The first-order valence-corrected chi connectivity index (χ1v) is 17.9. The van der Waals surface area contributed by atoms with Crippen LogP contribution in [0, 0.1) is 0 Å². The molecule has 0 bridgehead atoms. The van der Waals surface area contributed by atoms with E-state index in [1.54, 1.807) is 4.37 Å². The summed E-state index contributed by atoms with van der Waals surface area (Å²) in [5.41, 5.74) is 0. The third-order valence-corrected chi connectivity index (χ3v) is 8.43. The molecule has 0 spiro atoms. The molecule has 0 rings (SSSR count). The Labute approximate surface area is 74.3 Å². The summed E-state index contributed by atoms with van der Waals surface area (Å²) in [6.45, 7) is 0. The Kier molecular flexibility index (Phi) is 3.97. The molecule has 0 aliphatic rings. The van der Waals surface area contributed by atoms with E-state index in [1.165, 1.54) is 33.8 Å². The zero-order chi connectivity index (χ0) is 7.57. The first-order valence-electron chi connectivity index (χ1n) is 3.51. The molecule has 0 saturated heterocycles. The fraction of sp³-hybridized carbons (Fsp3) is 1.00.